The summed E-state index contributed by atoms with van der Waals surface area (Å²) in [5, 5.41) is 1.96. The summed E-state index contributed by atoms with van der Waals surface area (Å²) < 4.78 is 65.9. The molecule has 0 radical (unpaired) electrons. The van der Waals surface area contributed by atoms with E-state index in [4.69, 9.17) is 11.6 Å². The fourth-order valence-corrected chi connectivity index (χ4v) is 5.10. The lowest BCUT2D eigenvalue weighted by Gasteiger charge is -2.37. The molecule has 1 atom stereocenters. The average Bonchev–Trinajstić information content (AvgIpc) is 3.12. The molecule has 8 nitrogen and oxygen atoms in total. The number of nitrogens with zero attached hydrogens (tertiary/aromatic N) is 3. The Hall–Kier alpha value is -1.89. The quantitative estimate of drug-likeness (QED) is 0.725. The maximum Gasteiger partial charge on any atom is 0.417 e. The number of benzene rings is 1. The summed E-state index contributed by atoms with van der Waals surface area (Å²) in [5.41, 5.74) is -1.22. The zero-order valence-electron chi connectivity index (χ0n) is 15.9. The summed E-state index contributed by atoms with van der Waals surface area (Å²) in [6.07, 6.45) is -4.78. The second kappa shape index (κ2) is 8.33. The monoisotopic (exact) mass is 468 g/mol. The van der Waals surface area contributed by atoms with Crippen molar-refractivity contribution in [1.82, 2.24) is 19.4 Å². The molecule has 0 spiro atoms. The minimum Gasteiger partial charge on any atom is -0.336 e. The topological polar surface area (TPSA) is 90.0 Å². The maximum absolute atomic E-state index is 13.1. The smallest absolute Gasteiger partial charge is 0.336 e. The van der Waals surface area contributed by atoms with E-state index in [2.05, 4.69) is 5.32 Å². The van der Waals surface area contributed by atoms with Crippen LogP contribution in [0.3, 0.4) is 0 Å². The molecule has 0 aromatic heterocycles. The van der Waals surface area contributed by atoms with Crippen LogP contribution in [-0.4, -0.2) is 79.8 Å². The maximum atomic E-state index is 13.1. The van der Waals surface area contributed by atoms with Gasteiger partial charge in [-0.3, -0.25) is 14.6 Å². The van der Waals surface area contributed by atoms with Gasteiger partial charge in [0.25, 0.3) is 0 Å². The van der Waals surface area contributed by atoms with Gasteiger partial charge in [0.15, 0.2) is 0 Å². The van der Waals surface area contributed by atoms with Crippen molar-refractivity contribution in [2.24, 2.45) is 0 Å². The van der Waals surface area contributed by atoms with Crippen LogP contribution in [0, 0.1) is 0 Å². The fraction of sp³-hybridized carbons (Fsp3) is 0.529. The molecular weight excluding hydrogens is 449 g/mol. The van der Waals surface area contributed by atoms with Gasteiger partial charge in [0.05, 0.1) is 21.5 Å². The molecule has 0 unspecified atom stereocenters. The highest BCUT2D eigenvalue weighted by atomic mass is 35.5. The Kier molecular flexibility index (Phi) is 6.33. The number of nitrogens with one attached hydrogen (secondary N) is 1. The molecule has 2 fully saturated rings. The van der Waals surface area contributed by atoms with Gasteiger partial charge in [0.2, 0.25) is 15.9 Å². The van der Waals surface area contributed by atoms with Crippen molar-refractivity contribution >= 4 is 33.6 Å². The SMILES string of the molecule is C[C@H](C(=O)N1CCNC1=O)N1CCN(S(=O)(=O)c2ccc(Cl)c(C(F)(F)F)c2)CC1. The largest absolute Gasteiger partial charge is 0.417 e. The highest BCUT2D eigenvalue weighted by molar-refractivity contribution is 7.89. The van der Waals surface area contributed by atoms with E-state index in [9.17, 15) is 31.2 Å². The van der Waals surface area contributed by atoms with Crippen molar-refractivity contribution in [2.45, 2.75) is 24.0 Å². The standard InChI is InChI=1S/C17H20ClF3N4O4S/c1-11(15(26)25-5-4-22-16(25)27)23-6-8-24(9-7-23)30(28,29)12-2-3-14(18)13(10-12)17(19,20)21/h2-3,10-11H,4-9H2,1H3,(H,22,27)/t11-/m1/s1. The van der Waals surface area contributed by atoms with E-state index in [0.29, 0.717) is 12.6 Å². The third-order valence-corrected chi connectivity index (χ3v) is 7.41. The Bertz CT molecular complexity index is 949. The van der Waals surface area contributed by atoms with Crippen LogP contribution in [0.2, 0.25) is 5.02 Å². The minimum absolute atomic E-state index is 0.00384. The van der Waals surface area contributed by atoms with Gasteiger partial charge in [-0.15, -0.1) is 0 Å². The van der Waals surface area contributed by atoms with Crippen LogP contribution < -0.4 is 5.32 Å². The first kappa shape index (κ1) is 22.8. The predicted octanol–water partition coefficient (Wildman–Crippen LogP) is 1.61. The first-order chi connectivity index (χ1) is 13.9. The summed E-state index contributed by atoms with van der Waals surface area (Å²) >= 11 is 5.57. The molecule has 13 heteroatoms. The number of urea groups is 1. The van der Waals surface area contributed by atoms with Gasteiger partial charge < -0.3 is 5.32 Å². The molecule has 0 aliphatic carbocycles. The summed E-state index contributed by atoms with van der Waals surface area (Å²) in [6, 6.07) is 1.39. The number of hydrogen-bond donors (Lipinski definition) is 1. The lowest BCUT2D eigenvalue weighted by molar-refractivity contribution is -0.137. The third-order valence-electron chi connectivity index (χ3n) is 5.18. The second-order valence-electron chi connectivity index (χ2n) is 6.98. The van der Waals surface area contributed by atoms with E-state index >= 15 is 0 Å². The molecule has 1 aromatic carbocycles. The number of alkyl halides is 3. The van der Waals surface area contributed by atoms with Crippen LogP contribution in [0.1, 0.15) is 12.5 Å². The van der Waals surface area contributed by atoms with Gasteiger partial charge in [0, 0.05) is 39.3 Å². The molecule has 166 valence electrons. The van der Waals surface area contributed by atoms with Gasteiger partial charge in [-0.2, -0.15) is 17.5 Å². The second-order valence-corrected chi connectivity index (χ2v) is 9.32. The Morgan fingerprint density at radius 2 is 1.80 bits per heavy atom. The minimum atomic E-state index is -4.78. The summed E-state index contributed by atoms with van der Waals surface area (Å²) in [4.78, 5) is 26.5. The van der Waals surface area contributed by atoms with E-state index in [-0.39, 0.29) is 38.6 Å². The lowest BCUT2D eigenvalue weighted by Crippen LogP contribution is -2.55. The van der Waals surface area contributed by atoms with Gasteiger partial charge in [0.1, 0.15) is 0 Å². The van der Waals surface area contributed by atoms with Crippen LogP contribution in [0.5, 0.6) is 0 Å². The van der Waals surface area contributed by atoms with Crippen molar-refractivity contribution in [2.75, 3.05) is 39.3 Å². The van der Waals surface area contributed by atoms with Gasteiger partial charge in [-0.1, -0.05) is 11.6 Å². The van der Waals surface area contributed by atoms with Crippen LogP contribution in [0.25, 0.3) is 0 Å². The zero-order chi connectivity index (χ0) is 22.3. The molecule has 3 rings (SSSR count). The number of halogens is 4. The van der Waals surface area contributed by atoms with Gasteiger partial charge in [-0.25, -0.2) is 13.2 Å². The van der Waals surface area contributed by atoms with E-state index in [1.54, 1.807) is 11.8 Å². The van der Waals surface area contributed by atoms with E-state index in [1.165, 1.54) is 0 Å². The highest BCUT2D eigenvalue weighted by Crippen LogP contribution is 2.36. The number of carbonyl (C=O) groups is 2. The first-order valence-electron chi connectivity index (χ1n) is 9.13. The Labute approximate surface area is 176 Å². The first-order valence-corrected chi connectivity index (χ1v) is 10.9. The molecule has 0 saturated carbocycles. The summed E-state index contributed by atoms with van der Waals surface area (Å²) in [6.45, 7) is 2.67. The number of piperazine rings is 1. The van der Waals surface area contributed by atoms with Crippen LogP contribution in [0.4, 0.5) is 18.0 Å². The molecule has 2 aliphatic rings. The van der Waals surface area contributed by atoms with Crippen molar-refractivity contribution in [3.8, 4) is 0 Å². The van der Waals surface area contributed by atoms with Crippen LogP contribution >= 0.6 is 11.6 Å². The van der Waals surface area contributed by atoms with Crippen molar-refractivity contribution in [1.29, 1.82) is 0 Å². The number of imide groups is 1. The van der Waals surface area contributed by atoms with Crippen molar-refractivity contribution in [3.05, 3.63) is 28.8 Å². The normalized spacial score (nSPS) is 20.3. The molecule has 1 N–H and O–H groups in total. The van der Waals surface area contributed by atoms with Gasteiger partial charge in [-0.05, 0) is 25.1 Å². The molecule has 2 saturated heterocycles. The number of carbonyl (C=O) groups excluding carboxylic acids is 2. The summed E-state index contributed by atoms with van der Waals surface area (Å²) in [5.74, 6) is -0.381. The molecule has 30 heavy (non-hydrogen) atoms. The molecule has 2 heterocycles. The number of hydrogen-bond acceptors (Lipinski definition) is 5. The Morgan fingerprint density at radius 1 is 1.17 bits per heavy atom. The highest BCUT2D eigenvalue weighted by Gasteiger charge is 2.38. The van der Waals surface area contributed by atoms with Crippen LogP contribution in [0.15, 0.2) is 23.1 Å². The van der Waals surface area contributed by atoms with Crippen molar-refractivity contribution in [3.63, 3.8) is 0 Å². The number of amides is 3. The molecule has 3 amide bonds. The average molecular weight is 469 g/mol. The van der Waals surface area contributed by atoms with Crippen LogP contribution in [-0.2, 0) is 21.0 Å². The molecule has 0 bridgehead atoms. The number of rotatable bonds is 4. The summed E-state index contributed by atoms with van der Waals surface area (Å²) in [7, 11) is -4.17. The molecule has 2 aliphatic heterocycles. The van der Waals surface area contributed by atoms with E-state index in [0.717, 1.165) is 21.3 Å². The Balaban J connectivity index is 1.70. The molecule has 1 aromatic rings. The number of sulfonamides is 1. The predicted molar refractivity (Wildman–Crippen MR) is 101 cm³/mol. The van der Waals surface area contributed by atoms with E-state index < -0.39 is 43.8 Å². The molecular formula is C17H20ClF3N4O4S. The van der Waals surface area contributed by atoms with Gasteiger partial charge >= 0.3 is 12.2 Å². The fourth-order valence-electron chi connectivity index (χ4n) is 3.43. The third kappa shape index (κ3) is 4.41. The zero-order valence-corrected chi connectivity index (χ0v) is 17.5. The lowest BCUT2D eigenvalue weighted by atomic mass is 10.2. The van der Waals surface area contributed by atoms with Crippen molar-refractivity contribution < 1.29 is 31.2 Å². The van der Waals surface area contributed by atoms with E-state index in [1.807, 2.05) is 0 Å². The Morgan fingerprint density at radius 3 is 2.33 bits per heavy atom.